The molecule has 104 valence electrons. The van der Waals surface area contributed by atoms with Gasteiger partial charge in [-0.25, -0.2) is 0 Å². The van der Waals surface area contributed by atoms with Crippen LogP contribution in [0.5, 0.6) is 0 Å². The zero-order chi connectivity index (χ0) is 14.3. The van der Waals surface area contributed by atoms with Crippen LogP contribution in [0, 0.1) is 0 Å². The molecule has 0 amide bonds. The summed E-state index contributed by atoms with van der Waals surface area (Å²) >= 11 is -5.62. The van der Waals surface area contributed by atoms with Crippen LogP contribution in [0.2, 0.25) is 0 Å². The van der Waals surface area contributed by atoms with Crippen LogP contribution in [-0.4, -0.2) is 24.1 Å². The third-order valence-electron chi connectivity index (χ3n) is 1.28. The highest BCUT2D eigenvalue weighted by Crippen LogP contribution is 2.52. The maximum atomic E-state index is 12.2. The predicted octanol–water partition coefficient (Wildman–Crippen LogP) is -2.48. The molecule has 0 aliphatic rings. The second kappa shape index (κ2) is 4.58. The Bertz CT molecular complexity index is 274. The topological polar surface area (TPSA) is 55.3 Å². The molecule has 0 saturated carbocycles. The van der Waals surface area contributed by atoms with Crippen LogP contribution in [0.15, 0.2) is 0 Å². The zero-order valence-electron chi connectivity index (χ0n) is 7.00. The van der Waals surface area contributed by atoms with Gasteiger partial charge in [0.15, 0.2) is 0 Å². The molecule has 0 aliphatic heterocycles. The Hall–Kier alpha value is -0.0200. The average molecular weight is 394 g/mol. The fourth-order valence-corrected chi connectivity index (χ4v) is 1.22. The van der Waals surface area contributed by atoms with Gasteiger partial charge in [0.05, 0.1) is 3.07 Å². The summed E-state index contributed by atoms with van der Waals surface area (Å²) in [7, 11) is 0. The molecule has 0 spiro atoms. The Labute approximate surface area is 95.2 Å². The van der Waals surface area contributed by atoms with Crippen molar-refractivity contribution < 1.29 is 70.5 Å². The first-order valence-electron chi connectivity index (χ1n) is 3.12. The van der Waals surface area contributed by atoms with Gasteiger partial charge < -0.3 is 6.87 Å². The van der Waals surface area contributed by atoms with Crippen molar-refractivity contribution >= 4 is 0 Å². The molecule has 13 heteroatoms. The lowest BCUT2D eigenvalue weighted by Gasteiger charge is -2.29. The van der Waals surface area contributed by atoms with Gasteiger partial charge in [0, 0.05) is 0 Å². The summed E-state index contributed by atoms with van der Waals surface area (Å²) in [4.78, 5) is 0. The quantitative estimate of drug-likeness (QED) is 0.392. The minimum atomic E-state index is -7.16. The molecule has 0 N–H and O–H groups in total. The SMILES string of the molecule is [O-][I+2]([O-])OC(F)(F)C(F)(F)C(F)(F)C(F)(F)F. The van der Waals surface area contributed by atoms with Crippen molar-refractivity contribution in [1.29, 1.82) is 0 Å². The van der Waals surface area contributed by atoms with Crippen molar-refractivity contribution in [3.05, 3.63) is 0 Å². The van der Waals surface area contributed by atoms with E-state index < -0.39 is 45.2 Å². The van der Waals surface area contributed by atoms with Crippen LogP contribution >= 0.6 is 0 Å². The minimum absolute atomic E-state index is 2.17. The maximum Gasteiger partial charge on any atom is 0.514 e. The Balaban J connectivity index is 5.39. The summed E-state index contributed by atoms with van der Waals surface area (Å²) in [5.74, 6) is -14.2. The van der Waals surface area contributed by atoms with Crippen LogP contribution in [0.25, 0.3) is 0 Å². The molecule has 0 aliphatic carbocycles. The van der Waals surface area contributed by atoms with E-state index in [1.807, 2.05) is 0 Å². The van der Waals surface area contributed by atoms with Crippen molar-refractivity contribution in [2.75, 3.05) is 0 Å². The lowest BCUT2D eigenvalue weighted by atomic mass is 10.1. The van der Waals surface area contributed by atoms with Crippen LogP contribution in [0.1, 0.15) is 0 Å². The highest BCUT2D eigenvalue weighted by molar-refractivity contribution is 4.96. The minimum Gasteiger partial charge on any atom is -0.396 e. The predicted molar refractivity (Wildman–Crippen MR) is 22.0 cm³/mol. The van der Waals surface area contributed by atoms with E-state index >= 15 is 0 Å². The number of halogens is 10. The molecule has 0 unspecified atom stereocenters. The molecule has 0 aromatic carbocycles. The number of alkyl halides is 9. The smallest absolute Gasteiger partial charge is 0.396 e. The zero-order valence-corrected chi connectivity index (χ0v) is 9.16. The molecule has 0 rings (SSSR count). The van der Waals surface area contributed by atoms with Crippen molar-refractivity contribution in [2.45, 2.75) is 24.1 Å². The van der Waals surface area contributed by atoms with E-state index in [0.29, 0.717) is 0 Å². The summed E-state index contributed by atoms with van der Waals surface area (Å²) in [5.41, 5.74) is 0. The van der Waals surface area contributed by atoms with Gasteiger partial charge in [-0.1, -0.05) is 0 Å². The Morgan fingerprint density at radius 1 is 0.706 bits per heavy atom. The molecule has 17 heavy (non-hydrogen) atoms. The molecule has 0 fully saturated rings. The number of rotatable bonds is 4. The number of hydrogen-bond acceptors (Lipinski definition) is 3. The molecule has 3 nitrogen and oxygen atoms in total. The maximum absolute atomic E-state index is 12.2. The van der Waals surface area contributed by atoms with E-state index in [-0.39, 0.29) is 0 Å². The molecule has 0 saturated heterocycles. The van der Waals surface area contributed by atoms with Gasteiger partial charge in [-0.2, -0.15) is 39.5 Å². The van der Waals surface area contributed by atoms with Crippen LogP contribution in [-0.2, 0) is 3.07 Å². The van der Waals surface area contributed by atoms with Gasteiger partial charge in [-0.15, -0.1) is 0 Å². The molecular weight excluding hydrogens is 394 g/mol. The summed E-state index contributed by atoms with van der Waals surface area (Å²) in [6, 6.07) is 0. The van der Waals surface area contributed by atoms with Crippen molar-refractivity contribution in [2.24, 2.45) is 0 Å². The third kappa shape index (κ3) is 3.05. The van der Waals surface area contributed by atoms with Crippen molar-refractivity contribution in [3.63, 3.8) is 0 Å². The first-order valence-corrected chi connectivity index (χ1v) is 5.76. The highest BCUT2D eigenvalue weighted by atomic mass is 127. The lowest BCUT2D eigenvalue weighted by molar-refractivity contribution is -1.63. The first kappa shape index (κ1) is 17.0. The molecule has 0 heterocycles. The van der Waals surface area contributed by atoms with E-state index in [1.165, 1.54) is 0 Å². The largest absolute Gasteiger partial charge is 0.514 e. The Morgan fingerprint density at radius 3 is 1.29 bits per heavy atom. The summed E-state index contributed by atoms with van der Waals surface area (Å²) in [6.07, 6.45) is -13.5. The van der Waals surface area contributed by atoms with Gasteiger partial charge in [-0.3, -0.25) is 0 Å². The fourth-order valence-electron chi connectivity index (χ4n) is 0.488. The second-order valence-corrected chi connectivity index (χ2v) is 3.95. The average Bonchev–Trinajstić information content (AvgIpc) is 1.98. The van der Waals surface area contributed by atoms with E-state index in [9.17, 15) is 46.4 Å². The van der Waals surface area contributed by atoms with Crippen LogP contribution < -0.4 is 27.9 Å². The van der Waals surface area contributed by atoms with E-state index in [0.717, 1.165) is 0 Å². The molecule has 0 bridgehead atoms. The van der Waals surface area contributed by atoms with Gasteiger partial charge >= 0.3 is 45.2 Å². The van der Waals surface area contributed by atoms with E-state index in [1.54, 1.807) is 0 Å². The van der Waals surface area contributed by atoms with Gasteiger partial charge in [-0.05, 0) is 0 Å². The standard InChI is InChI=1S/C4F9IO3/c5-1(6,3(9,10)11)2(7,8)4(12,13)17-14(15)16. The van der Waals surface area contributed by atoms with E-state index in [4.69, 9.17) is 0 Å². The van der Waals surface area contributed by atoms with Gasteiger partial charge in [0.25, 0.3) is 0 Å². The summed E-state index contributed by atoms with van der Waals surface area (Å²) in [6.45, 7) is 0. The first-order chi connectivity index (χ1) is 7.17. The second-order valence-electron chi connectivity index (χ2n) is 2.43. The molecule has 0 radical (unpaired) electrons. The molecular formula is C4F9IO3. The van der Waals surface area contributed by atoms with Crippen molar-refractivity contribution in [3.8, 4) is 0 Å². The Kier molecular flexibility index (Phi) is 4.58. The van der Waals surface area contributed by atoms with Crippen LogP contribution in [0.4, 0.5) is 39.5 Å². The number of hydrogen-bond donors (Lipinski definition) is 0. The third-order valence-corrected chi connectivity index (χ3v) is 2.19. The van der Waals surface area contributed by atoms with Gasteiger partial charge in [0.2, 0.25) is 0 Å². The molecule has 0 aromatic rings. The molecule has 0 atom stereocenters. The summed E-state index contributed by atoms with van der Waals surface area (Å²) < 4.78 is 129. The van der Waals surface area contributed by atoms with Gasteiger partial charge in [0.1, 0.15) is 0 Å². The molecule has 0 aromatic heterocycles. The normalized spacial score (nSPS) is 15.5. The monoisotopic (exact) mass is 394 g/mol. The lowest BCUT2D eigenvalue weighted by Crippen LogP contribution is -3.99. The van der Waals surface area contributed by atoms with Crippen molar-refractivity contribution in [1.82, 2.24) is 0 Å². The highest BCUT2D eigenvalue weighted by Gasteiger charge is 2.85. The van der Waals surface area contributed by atoms with Crippen LogP contribution in [0.3, 0.4) is 0 Å². The Morgan fingerprint density at radius 2 is 1.06 bits per heavy atom. The summed E-state index contributed by atoms with van der Waals surface area (Å²) in [5, 5.41) is 0. The van der Waals surface area contributed by atoms with E-state index in [2.05, 4.69) is 3.07 Å². The fraction of sp³-hybridized carbons (Fsp3) is 1.00.